The molecule has 0 amide bonds. The quantitative estimate of drug-likeness (QED) is 0.615. The van der Waals surface area contributed by atoms with Crippen molar-refractivity contribution in [1.29, 1.82) is 5.26 Å². The van der Waals surface area contributed by atoms with Gasteiger partial charge in [0.1, 0.15) is 0 Å². The smallest absolute Gasteiger partial charge is 0.212 e. The summed E-state index contributed by atoms with van der Waals surface area (Å²) in [5.74, 6) is 0. The first-order chi connectivity index (χ1) is 9.30. The zero-order chi connectivity index (χ0) is 13.4. The molecule has 1 aromatic carbocycles. The molecule has 0 aliphatic heterocycles. The van der Waals surface area contributed by atoms with Gasteiger partial charge in [0, 0.05) is 23.7 Å². The molecule has 4 heteroatoms. The van der Waals surface area contributed by atoms with Gasteiger partial charge < -0.3 is 4.57 Å². The zero-order valence-electron chi connectivity index (χ0n) is 10.4. The second kappa shape index (κ2) is 4.12. The summed E-state index contributed by atoms with van der Waals surface area (Å²) in [4.78, 5) is 7.96. The first-order valence-corrected chi connectivity index (χ1v) is 5.98. The summed E-state index contributed by atoms with van der Waals surface area (Å²) in [5.41, 5.74) is 3.72. The molecule has 3 rings (SSSR count). The molecule has 2 aromatic heterocycles. The lowest BCUT2D eigenvalue weighted by Gasteiger charge is -2.04. The Labute approximate surface area is 110 Å². The van der Waals surface area contributed by atoms with Gasteiger partial charge in [0.05, 0.1) is 29.2 Å². The van der Waals surface area contributed by atoms with Crippen LogP contribution in [0.25, 0.3) is 26.8 Å². The second-order valence-electron chi connectivity index (χ2n) is 4.23. The van der Waals surface area contributed by atoms with Crippen LogP contribution in [0.2, 0.25) is 0 Å². The van der Waals surface area contributed by atoms with Crippen LogP contribution in [0.15, 0.2) is 30.5 Å². The fourth-order valence-corrected chi connectivity index (χ4v) is 2.50. The largest absolute Gasteiger partial charge is 0.349 e. The molecule has 0 radical (unpaired) electrons. The lowest BCUT2D eigenvalue weighted by molar-refractivity contribution is 0.827. The van der Waals surface area contributed by atoms with Crippen LogP contribution < -0.4 is 0 Å². The fourth-order valence-electron chi connectivity index (χ4n) is 2.50. The minimum Gasteiger partial charge on any atom is -0.349 e. The Morgan fingerprint density at radius 2 is 2.32 bits per heavy atom. The average Bonchev–Trinajstić information content (AvgIpc) is 2.80. The maximum atomic E-state index is 9.07. The maximum Gasteiger partial charge on any atom is 0.212 e. The first-order valence-electron chi connectivity index (χ1n) is 5.98. The van der Waals surface area contributed by atoms with Gasteiger partial charge in [-0.05, 0) is 31.2 Å². The molecule has 0 aliphatic rings. The molecule has 0 fully saturated rings. The van der Waals surface area contributed by atoms with Crippen LogP contribution >= 0.6 is 0 Å². The van der Waals surface area contributed by atoms with E-state index in [-0.39, 0.29) is 0 Å². The first kappa shape index (κ1) is 11.3. The van der Waals surface area contributed by atoms with Crippen molar-refractivity contribution in [3.8, 4) is 6.07 Å². The number of fused-ring (bicyclic) bond motifs is 3. The van der Waals surface area contributed by atoms with E-state index in [9.17, 15) is 0 Å². The van der Waals surface area contributed by atoms with Crippen molar-refractivity contribution in [3.63, 3.8) is 0 Å². The van der Waals surface area contributed by atoms with Crippen molar-refractivity contribution in [2.45, 2.75) is 13.5 Å². The molecule has 0 bridgehead atoms. The highest BCUT2D eigenvalue weighted by molar-refractivity contribution is 6.10. The molecule has 19 heavy (non-hydrogen) atoms. The average molecular weight is 246 g/mol. The van der Waals surface area contributed by atoms with Crippen LogP contribution in [-0.2, 0) is 6.54 Å². The molecule has 3 aromatic rings. The third-order valence-corrected chi connectivity index (χ3v) is 3.26. The van der Waals surface area contributed by atoms with E-state index in [4.69, 9.17) is 11.8 Å². The summed E-state index contributed by atoms with van der Waals surface area (Å²) < 4.78 is 2.08. The van der Waals surface area contributed by atoms with Gasteiger partial charge in [-0.3, -0.25) is 4.98 Å². The Morgan fingerprint density at radius 1 is 1.47 bits per heavy atom. The van der Waals surface area contributed by atoms with E-state index in [1.54, 1.807) is 12.3 Å². The standard InChI is InChI=1S/C15H10N4/c1-3-19-13-5-4-6-18-14(13)11-7-10(9-16)8-12(17-2)15(11)19/h4-8H,3H2,1H3. The van der Waals surface area contributed by atoms with E-state index in [0.717, 1.165) is 28.5 Å². The summed E-state index contributed by atoms with van der Waals surface area (Å²) in [6.07, 6.45) is 1.73. The van der Waals surface area contributed by atoms with Crippen LogP contribution in [0.3, 0.4) is 0 Å². The number of nitrogens with zero attached hydrogens (tertiary/aromatic N) is 4. The predicted molar refractivity (Wildman–Crippen MR) is 73.9 cm³/mol. The maximum absolute atomic E-state index is 9.07. The van der Waals surface area contributed by atoms with Gasteiger partial charge in [0.15, 0.2) is 0 Å². The zero-order valence-corrected chi connectivity index (χ0v) is 10.4. The number of aromatic nitrogens is 2. The highest BCUT2D eigenvalue weighted by Crippen LogP contribution is 2.35. The minimum atomic E-state index is 0.499. The molecule has 0 saturated heterocycles. The number of aryl methyl sites for hydroxylation is 1. The Balaban J connectivity index is 2.64. The Kier molecular flexibility index (Phi) is 2.44. The molecular weight excluding hydrogens is 236 g/mol. The number of hydrogen-bond donors (Lipinski definition) is 0. The number of nitriles is 1. The van der Waals surface area contributed by atoms with Crippen molar-refractivity contribution >= 4 is 27.6 Å². The van der Waals surface area contributed by atoms with E-state index in [2.05, 4.69) is 20.5 Å². The molecule has 0 unspecified atom stereocenters. The van der Waals surface area contributed by atoms with Gasteiger partial charge in [-0.1, -0.05) is 0 Å². The lowest BCUT2D eigenvalue weighted by Crippen LogP contribution is -1.93. The number of benzene rings is 1. The number of pyridine rings is 1. The summed E-state index contributed by atoms with van der Waals surface area (Å²) in [6, 6.07) is 9.43. The molecule has 4 nitrogen and oxygen atoms in total. The lowest BCUT2D eigenvalue weighted by atomic mass is 10.1. The molecule has 90 valence electrons. The summed E-state index contributed by atoms with van der Waals surface area (Å²) in [5, 5.41) is 9.95. The van der Waals surface area contributed by atoms with E-state index < -0.39 is 0 Å². The van der Waals surface area contributed by atoms with Crippen LogP contribution in [0.5, 0.6) is 0 Å². The van der Waals surface area contributed by atoms with Crippen LogP contribution in [0.1, 0.15) is 12.5 Å². The Bertz CT molecular complexity index is 875. The molecule has 0 saturated carbocycles. The summed E-state index contributed by atoms with van der Waals surface area (Å²) >= 11 is 0. The van der Waals surface area contributed by atoms with Crippen LogP contribution in [-0.4, -0.2) is 9.55 Å². The van der Waals surface area contributed by atoms with Crippen molar-refractivity contribution in [3.05, 3.63) is 47.4 Å². The van der Waals surface area contributed by atoms with E-state index in [0.29, 0.717) is 11.3 Å². The molecule has 0 N–H and O–H groups in total. The summed E-state index contributed by atoms with van der Waals surface area (Å²) in [6.45, 7) is 10.1. The SMILES string of the molecule is [C-]#[N+]c1cc(C#N)cc2c3ncccc3n(CC)c12. The van der Waals surface area contributed by atoms with Gasteiger partial charge in [0.2, 0.25) is 5.69 Å². The molecular formula is C15H10N4. The minimum absolute atomic E-state index is 0.499. The van der Waals surface area contributed by atoms with E-state index in [1.165, 1.54) is 0 Å². The second-order valence-corrected chi connectivity index (χ2v) is 4.23. The van der Waals surface area contributed by atoms with Crippen molar-refractivity contribution in [2.75, 3.05) is 0 Å². The van der Waals surface area contributed by atoms with Gasteiger partial charge in [-0.15, -0.1) is 0 Å². The van der Waals surface area contributed by atoms with Crippen molar-refractivity contribution < 1.29 is 0 Å². The van der Waals surface area contributed by atoms with Gasteiger partial charge >= 0.3 is 0 Å². The highest BCUT2D eigenvalue weighted by atomic mass is 15.0. The predicted octanol–water partition coefficient (Wildman–Crippen LogP) is 3.63. The molecule has 2 heterocycles. The van der Waals surface area contributed by atoms with Crippen molar-refractivity contribution in [2.24, 2.45) is 0 Å². The Hall–Kier alpha value is -2.85. The normalized spacial score (nSPS) is 10.5. The van der Waals surface area contributed by atoms with Gasteiger partial charge in [0.25, 0.3) is 0 Å². The number of rotatable bonds is 1. The Morgan fingerprint density at radius 3 is 3.00 bits per heavy atom. The van der Waals surface area contributed by atoms with E-state index in [1.807, 2.05) is 25.1 Å². The van der Waals surface area contributed by atoms with Crippen molar-refractivity contribution in [1.82, 2.24) is 9.55 Å². The van der Waals surface area contributed by atoms with Gasteiger partial charge in [-0.2, -0.15) is 5.26 Å². The van der Waals surface area contributed by atoms with E-state index >= 15 is 0 Å². The molecule has 0 atom stereocenters. The molecule has 0 spiro atoms. The fraction of sp³-hybridized carbons (Fsp3) is 0.133. The topological polar surface area (TPSA) is 46.0 Å². The third-order valence-electron chi connectivity index (χ3n) is 3.26. The van der Waals surface area contributed by atoms with Crippen LogP contribution in [0, 0.1) is 17.9 Å². The third kappa shape index (κ3) is 1.47. The monoisotopic (exact) mass is 246 g/mol. The number of hydrogen-bond acceptors (Lipinski definition) is 2. The highest BCUT2D eigenvalue weighted by Gasteiger charge is 2.15. The van der Waals surface area contributed by atoms with Crippen LogP contribution in [0.4, 0.5) is 5.69 Å². The van der Waals surface area contributed by atoms with Gasteiger partial charge in [-0.25, -0.2) is 4.85 Å². The molecule has 0 aliphatic carbocycles. The summed E-state index contributed by atoms with van der Waals surface area (Å²) in [7, 11) is 0.